The number of hydrogen-bond donors (Lipinski definition) is 2. The Morgan fingerprint density at radius 2 is 1.96 bits per heavy atom. The van der Waals surface area contributed by atoms with Gasteiger partial charge in [0.15, 0.2) is 0 Å². The Bertz CT molecular complexity index is 667. The number of benzene rings is 1. The first-order valence-electron chi connectivity index (χ1n) is 7.50. The van der Waals surface area contributed by atoms with Gasteiger partial charge in [0.25, 0.3) is 0 Å². The standard InChI is InChI=1S/C15H23N3O4S/c1-10-8-18(9-11(2)22-10)12(3)15(19)17-13-5-4-6-14(7-13)23(16,20)21/h4-7,10-12H,8-9H2,1-3H3,(H,17,19)(H2,16,20,21). The normalized spacial score (nSPS) is 24.2. The second kappa shape index (κ2) is 6.96. The maximum atomic E-state index is 12.4. The third-order valence-electron chi connectivity index (χ3n) is 3.81. The zero-order chi connectivity index (χ0) is 17.2. The highest BCUT2D eigenvalue weighted by atomic mass is 32.2. The van der Waals surface area contributed by atoms with Crippen molar-refractivity contribution in [1.29, 1.82) is 0 Å². The number of carbonyl (C=O) groups excluding carboxylic acids is 1. The molecule has 3 N–H and O–H groups in total. The number of primary sulfonamides is 1. The number of anilines is 1. The van der Waals surface area contributed by atoms with Gasteiger partial charge in [0, 0.05) is 18.8 Å². The first-order valence-corrected chi connectivity index (χ1v) is 9.04. The van der Waals surface area contributed by atoms with E-state index < -0.39 is 10.0 Å². The molecular weight excluding hydrogens is 318 g/mol. The largest absolute Gasteiger partial charge is 0.373 e. The van der Waals surface area contributed by atoms with Crippen LogP contribution in [0.25, 0.3) is 0 Å². The van der Waals surface area contributed by atoms with Gasteiger partial charge in [-0.25, -0.2) is 13.6 Å². The van der Waals surface area contributed by atoms with E-state index in [1.54, 1.807) is 12.1 Å². The molecule has 0 aliphatic carbocycles. The highest BCUT2D eigenvalue weighted by Gasteiger charge is 2.29. The van der Waals surface area contributed by atoms with Gasteiger partial charge in [0.2, 0.25) is 15.9 Å². The van der Waals surface area contributed by atoms with Gasteiger partial charge in [-0.15, -0.1) is 0 Å². The Balaban J connectivity index is 2.07. The third kappa shape index (κ3) is 4.74. The molecule has 3 unspecified atom stereocenters. The molecule has 0 aromatic heterocycles. The summed E-state index contributed by atoms with van der Waals surface area (Å²) in [5, 5.41) is 7.84. The van der Waals surface area contributed by atoms with Crippen LogP contribution in [0.2, 0.25) is 0 Å². The minimum Gasteiger partial charge on any atom is -0.373 e. The highest BCUT2D eigenvalue weighted by molar-refractivity contribution is 7.89. The van der Waals surface area contributed by atoms with Gasteiger partial charge in [0.05, 0.1) is 23.1 Å². The van der Waals surface area contributed by atoms with Crippen LogP contribution < -0.4 is 10.5 Å². The van der Waals surface area contributed by atoms with E-state index in [2.05, 4.69) is 10.2 Å². The predicted octanol–water partition coefficient (Wildman–Crippen LogP) is 0.770. The first kappa shape index (κ1) is 17.9. The molecule has 128 valence electrons. The van der Waals surface area contributed by atoms with Crippen molar-refractivity contribution < 1.29 is 17.9 Å². The molecule has 1 aliphatic heterocycles. The van der Waals surface area contributed by atoms with Crippen LogP contribution in [0.5, 0.6) is 0 Å². The number of nitrogens with two attached hydrogens (primary N) is 1. The fourth-order valence-electron chi connectivity index (χ4n) is 2.70. The summed E-state index contributed by atoms with van der Waals surface area (Å²) in [6.07, 6.45) is 0.138. The molecule has 0 saturated carbocycles. The van der Waals surface area contributed by atoms with E-state index in [0.717, 1.165) is 0 Å². The lowest BCUT2D eigenvalue weighted by molar-refractivity contribution is -0.126. The van der Waals surface area contributed by atoms with E-state index in [9.17, 15) is 13.2 Å². The van der Waals surface area contributed by atoms with Crippen LogP contribution in [0.3, 0.4) is 0 Å². The number of nitrogens with one attached hydrogen (secondary N) is 1. The minimum absolute atomic E-state index is 0.0310. The molecule has 1 aromatic rings. The lowest BCUT2D eigenvalue weighted by Gasteiger charge is -2.38. The molecule has 1 heterocycles. The number of carbonyl (C=O) groups is 1. The fraction of sp³-hybridized carbons (Fsp3) is 0.533. The fourth-order valence-corrected chi connectivity index (χ4v) is 3.26. The lowest BCUT2D eigenvalue weighted by Crippen LogP contribution is -2.52. The van der Waals surface area contributed by atoms with Gasteiger partial charge in [-0.05, 0) is 39.0 Å². The van der Waals surface area contributed by atoms with E-state index in [0.29, 0.717) is 18.8 Å². The van der Waals surface area contributed by atoms with Gasteiger partial charge in [0.1, 0.15) is 0 Å². The van der Waals surface area contributed by atoms with Crippen molar-refractivity contribution in [3.05, 3.63) is 24.3 Å². The van der Waals surface area contributed by atoms with Crippen molar-refractivity contribution in [1.82, 2.24) is 4.90 Å². The van der Waals surface area contributed by atoms with Gasteiger partial charge in [-0.3, -0.25) is 9.69 Å². The van der Waals surface area contributed by atoms with E-state index in [1.807, 2.05) is 20.8 Å². The molecule has 0 bridgehead atoms. The summed E-state index contributed by atoms with van der Waals surface area (Å²) in [7, 11) is -3.79. The molecule has 1 saturated heterocycles. The smallest absolute Gasteiger partial charge is 0.241 e. The number of rotatable bonds is 4. The number of ether oxygens (including phenoxy) is 1. The van der Waals surface area contributed by atoms with Gasteiger partial charge in [-0.2, -0.15) is 0 Å². The van der Waals surface area contributed by atoms with Crippen molar-refractivity contribution in [2.75, 3.05) is 18.4 Å². The molecule has 1 amide bonds. The Morgan fingerprint density at radius 3 is 2.52 bits per heavy atom. The zero-order valence-corrected chi connectivity index (χ0v) is 14.3. The summed E-state index contributed by atoms with van der Waals surface area (Å²) in [5.41, 5.74) is 0.405. The van der Waals surface area contributed by atoms with E-state index >= 15 is 0 Å². The number of nitrogens with zero attached hydrogens (tertiary/aromatic N) is 1. The summed E-state index contributed by atoms with van der Waals surface area (Å²) in [6.45, 7) is 7.13. The van der Waals surface area contributed by atoms with Gasteiger partial charge >= 0.3 is 0 Å². The van der Waals surface area contributed by atoms with Crippen LogP contribution in [-0.2, 0) is 19.6 Å². The number of amides is 1. The Kier molecular flexibility index (Phi) is 5.41. The average Bonchev–Trinajstić information content (AvgIpc) is 2.44. The monoisotopic (exact) mass is 341 g/mol. The zero-order valence-electron chi connectivity index (χ0n) is 13.5. The molecule has 0 radical (unpaired) electrons. The van der Waals surface area contributed by atoms with Gasteiger partial charge < -0.3 is 10.1 Å². The van der Waals surface area contributed by atoms with Crippen LogP contribution in [0.1, 0.15) is 20.8 Å². The van der Waals surface area contributed by atoms with Crippen molar-refractivity contribution in [3.8, 4) is 0 Å². The second-order valence-corrected chi connectivity index (χ2v) is 7.51. The minimum atomic E-state index is -3.79. The summed E-state index contributed by atoms with van der Waals surface area (Å²) < 4.78 is 28.4. The van der Waals surface area contributed by atoms with Gasteiger partial charge in [-0.1, -0.05) is 6.07 Å². The SMILES string of the molecule is CC1CN(C(C)C(=O)Nc2cccc(S(N)(=O)=O)c2)CC(C)O1. The Hall–Kier alpha value is -1.48. The molecule has 2 rings (SSSR count). The molecule has 1 aromatic carbocycles. The molecule has 23 heavy (non-hydrogen) atoms. The van der Waals surface area contributed by atoms with Crippen LogP contribution in [0.15, 0.2) is 29.2 Å². The van der Waals surface area contributed by atoms with E-state index in [-0.39, 0.29) is 29.1 Å². The topological polar surface area (TPSA) is 102 Å². The maximum Gasteiger partial charge on any atom is 0.241 e. The summed E-state index contributed by atoms with van der Waals surface area (Å²) in [6, 6.07) is 5.56. The Labute approximate surface area is 136 Å². The lowest BCUT2D eigenvalue weighted by atomic mass is 10.1. The summed E-state index contributed by atoms with van der Waals surface area (Å²) in [4.78, 5) is 14.4. The quantitative estimate of drug-likeness (QED) is 0.842. The summed E-state index contributed by atoms with van der Waals surface area (Å²) in [5.74, 6) is -0.196. The maximum absolute atomic E-state index is 12.4. The van der Waals surface area contributed by atoms with Crippen LogP contribution >= 0.6 is 0 Å². The molecular formula is C15H23N3O4S. The number of morpholine rings is 1. The van der Waals surface area contributed by atoms with Crippen molar-refractivity contribution in [2.24, 2.45) is 5.14 Å². The molecule has 0 spiro atoms. The first-order chi connectivity index (χ1) is 10.7. The molecule has 1 fully saturated rings. The third-order valence-corrected chi connectivity index (χ3v) is 4.72. The van der Waals surface area contributed by atoms with E-state index in [1.165, 1.54) is 12.1 Å². The van der Waals surface area contributed by atoms with Crippen LogP contribution in [0.4, 0.5) is 5.69 Å². The molecule has 7 nitrogen and oxygen atoms in total. The highest BCUT2D eigenvalue weighted by Crippen LogP contribution is 2.17. The van der Waals surface area contributed by atoms with Crippen LogP contribution in [-0.4, -0.2) is 50.6 Å². The van der Waals surface area contributed by atoms with Crippen molar-refractivity contribution in [3.63, 3.8) is 0 Å². The Morgan fingerprint density at radius 1 is 1.35 bits per heavy atom. The molecule has 8 heteroatoms. The predicted molar refractivity (Wildman–Crippen MR) is 87.5 cm³/mol. The molecule has 1 aliphatic rings. The van der Waals surface area contributed by atoms with Crippen LogP contribution in [0, 0.1) is 0 Å². The van der Waals surface area contributed by atoms with E-state index in [4.69, 9.17) is 9.88 Å². The number of hydrogen-bond acceptors (Lipinski definition) is 5. The van der Waals surface area contributed by atoms with Crippen molar-refractivity contribution in [2.45, 2.75) is 43.9 Å². The number of sulfonamides is 1. The van der Waals surface area contributed by atoms with Crippen molar-refractivity contribution >= 4 is 21.6 Å². The molecule has 3 atom stereocenters. The summed E-state index contributed by atoms with van der Waals surface area (Å²) >= 11 is 0. The second-order valence-electron chi connectivity index (χ2n) is 5.95. The average molecular weight is 341 g/mol.